The van der Waals surface area contributed by atoms with Gasteiger partial charge in [-0.1, -0.05) is 0 Å². The molecule has 12 heteroatoms. The number of ether oxygens (including phenoxy) is 2. The molecule has 2 rings (SSSR count). The van der Waals surface area contributed by atoms with E-state index in [1.54, 1.807) is 0 Å². The van der Waals surface area contributed by atoms with Gasteiger partial charge in [0.25, 0.3) is 20.2 Å². The maximum Gasteiger partial charge on any atom is 0.266 e. The Morgan fingerprint density at radius 1 is 0.667 bits per heavy atom. The summed E-state index contributed by atoms with van der Waals surface area (Å²) in [5.74, 6) is -0.375. The fourth-order valence-electron chi connectivity index (χ4n) is 2.14. The first-order valence-electron chi connectivity index (χ1n) is 7.66. The second-order valence-electron chi connectivity index (χ2n) is 5.48. The molecular formula is C12H26N2O8S2. The Morgan fingerprint density at radius 3 is 1.21 bits per heavy atom. The molecule has 0 bridgehead atoms. The summed E-state index contributed by atoms with van der Waals surface area (Å²) in [4.78, 5) is 3.91. The van der Waals surface area contributed by atoms with E-state index in [0.29, 0.717) is 39.5 Å². The molecule has 0 unspecified atom stereocenters. The highest BCUT2D eigenvalue weighted by Gasteiger charge is 2.14. The molecule has 2 aliphatic rings. The molecule has 10 nitrogen and oxygen atoms in total. The van der Waals surface area contributed by atoms with Gasteiger partial charge in [-0.15, -0.1) is 0 Å². The van der Waals surface area contributed by atoms with Crippen LogP contribution in [0.15, 0.2) is 0 Å². The summed E-state index contributed by atoms with van der Waals surface area (Å²) in [6, 6.07) is 0. The lowest BCUT2D eigenvalue weighted by molar-refractivity contribution is 0.0406. The molecular weight excluding hydrogens is 364 g/mol. The number of nitrogens with zero attached hydrogens (tertiary/aromatic N) is 2. The number of rotatable bonds is 6. The van der Waals surface area contributed by atoms with Crippen LogP contribution in [0, 0.1) is 0 Å². The molecule has 2 fully saturated rings. The monoisotopic (exact) mass is 390 g/mol. The Labute approximate surface area is 143 Å². The maximum atomic E-state index is 10.4. The van der Waals surface area contributed by atoms with Crippen LogP contribution in [0.2, 0.25) is 0 Å². The van der Waals surface area contributed by atoms with Crippen molar-refractivity contribution >= 4 is 20.2 Å². The van der Waals surface area contributed by atoms with Gasteiger partial charge in [0.1, 0.15) is 0 Å². The van der Waals surface area contributed by atoms with Gasteiger partial charge in [-0.3, -0.25) is 18.9 Å². The fraction of sp³-hybridized carbons (Fsp3) is 1.00. The molecule has 0 aromatic rings. The number of hydrogen-bond acceptors (Lipinski definition) is 8. The molecule has 144 valence electrons. The van der Waals surface area contributed by atoms with E-state index in [0.717, 1.165) is 26.2 Å². The highest BCUT2D eigenvalue weighted by Crippen LogP contribution is 1.97. The van der Waals surface area contributed by atoms with E-state index < -0.39 is 20.2 Å². The summed E-state index contributed by atoms with van der Waals surface area (Å²) in [5, 5.41) is 0. The summed E-state index contributed by atoms with van der Waals surface area (Å²) in [5.41, 5.74) is 0. The quantitative estimate of drug-likeness (QED) is 0.511. The third-order valence-corrected chi connectivity index (χ3v) is 4.94. The molecule has 2 saturated heterocycles. The van der Waals surface area contributed by atoms with Gasteiger partial charge in [-0.25, -0.2) is 0 Å². The summed E-state index contributed by atoms with van der Waals surface area (Å²) in [7, 11) is -7.61. The Balaban J connectivity index is 0.000000240. The van der Waals surface area contributed by atoms with Crippen LogP contribution < -0.4 is 0 Å². The summed E-state index contributed by atoms with van der Waals surface area (Å²) < 4.78 is 68.6. The molecule has 2 N–H and O–H groups in total. The van der Waals surface area contributed by atoms with Gasteiger partial charge < -0.3 is 9.47 Å². The van der Waals surface area contributed by atoms with E-state index in [1.165, 1.54) is 0 Å². The fourth-order valence-corrected chi connectivity index (χ4v) is 3.12. The largest absolute Gasteiger partial charge is 0.379 e. The minimum Gasteiger partial charge on any atom is -0.379 e. The van der Waals surface area contributed by atoms with E-state index in [1.807, 2.05) is 9.80 Å². The second kappa shape index (κ2) is 10.6. The molecule has 0 aromatic carbocycles. The van der Waals surface area contributed by atoms with Crippen LogP contribution >= 0.6 is 0 Å². The highest BCUT2D eigenvalue weighted by atomic mass is 32.2. The average molecular weight is 390 g/mol. The van der Waals surface area contributed by atoms with Crippen molar-refractivity contribution in [1.82, 2.24) is 9.80 Å². The van der Waals surface area contributed by atoms with Crippen LogP contribution in [0.5, 0.6) is 0 Å². The van der Waals surface area contributed by atoms with E-state index in [4.69, 9.17) is 18.6 Å². The van der Waals surface area contributed by atoms with Crippen LogP contribution in [0.3, 0.4) is 0 Å². The van der Waals surface area contributed by atoms with Crippen LogP contribution in [0.4, 0.5) is 0 Å². The molecule has 0 aromatic heterocycles. The molecule has 0 spiro atoms. The van der Waals surface area contributed by atoms with Gasteiger partial charge in [0.05, 0.1) is 37.9 Å². The molecule has 24 heavy (non-hydrogen) atoms. The Hall–Kier alpha value is -0.340. The first kappa shape index (κ1) is 21.7. The van der Waals surface area contributed by atoms with Gasteiger partial charge >= 0.3 is 0 Å². The van der Waals surface area contributed by atoms with Gasteiger partial charge in [-0.05, 0) is 0 Å². The van der Waals surface area contributed by atoms with Gasteiger partial charge in [0, 0.05) is 39.3 Å². The Morgan fingerprint density at radius 2 is 0.958 bits per heavy atom. The van der Waals surface area contributed by atoms with E-state index in [-0.39, 0.29) is 11.5 Å². The zero-order chi connectivity index (χ0) is 18.1. The molecule has 0 atom stereocenters. The highest BCUT2D eigenvalue weighted by molar-refractivity contribution is 7.86. The lowest BCUT2D eigenvalue weighted by Gasteiger charge is -2.25. The predicted molar refractivity (Wildman–Crippen MR) is 87.3 cm³/mol. The van der Waals surface area contributed by atoms with Crippen molar-refractivity contribution in [2.75, 3.05) is 77.2 Å². The van der Waals surface area contributed by atoms with Gasteiger partial charge in [0.15, 0.2) is 0 Å². The maximum absolute atomic E-state index is 10.4. The summed E-state index contributed by atoms with van der Waals surface area (Å²) in [6.45, 7) is 6.34. The van der Waals surface area contributed by atoms with E-state index in [2.05, 4.69) is 0 Å². The standard InChI is InChI=1S/2C6H13NO4S/c2*8-12(9,10)6-3-7-1-4-11-5-2-7/h2*1-6H2,(H,8,9,10). The Kier molecular flexibility index (Phi) is 9.59. The molecule has 2 heterocycles. The zero-order valence-corrected chi connectivity index (χ0v) is 15.2. The minimum atomic E-state index is -3.81. The smallest absolute Gasteiger partial charge is 0.266 e. The topological polar surface area (TPSA) is 134 Å². The van der Waals surface area contributed by atoms with Crippen molar-refractivity contribution in [2.24, 2.45) is 0 Å². The molecule has 0 aliphatic carbocycles. The molecule has 0 radical (unpaired) electrons. The first-order chi connectivity index (χ1) is 11.2. The Bertz CT molecular complexity index is 489. The normalized spacial score (nSPS) is 21.1. The second-order valence-corrected chi connectivity index (χ2v) is 8.62. The van der Waals surface area contributed by atoms with Crippen LogP contribution in [-0.2, 0) is 29.7 Å². The predicted octanol–water partition coefficient (Wildman–Crippen LogP) is -1.59. The van der Waals surface area contributed by atoms with Crippen molar-refractivity contribution in [1.29, 1.82) is 0 Å². The molecule has 2 aliphatic heterocycles. The number of hydrogen-bond donors (Lipinski definition) is 2. The third kappa shape index (κ3) is 12.1. The molecule has 0 amide bonds. The summed E-state index contributed by atoms with van der Waals surface area (Å²) in [6.07, 6.45) is 0. The lowest BCUT2D eigenvalue weighted by Crippen LogP contribution is -2.38. The van der Waals surface area contributed by atoms with Crippen molar-refractivity contribution < 1.29 is 35.4 Å². The third-order valence-electron chi connectivity index (χ3n) is 3.54. The molecule has 0 saturated carbocycles. The van der Waals surface area contributed by atoms with Crippen LogP contribution in [0.25, 0.3) is 0 Å². The lowest BCUT2D eigenvalue weighted by atomic mass is 10.4. The van der Waals surface area contributed by atoms with Crippen LogP contribution in [-0.4, -0.2) is 113 Å². The average Bonchev–Trinajstić information content (AvgIpc) is 2.52. The SMILES string of the molecule is O=S(=O)(O)CCN1CCOCC1.O=S(=O)(O)CCN1CCOCC1. The van der Waals surface area contributed by atoms with Gasteiger partial charge in [0.2, 0.25) is 0 Å². The van der Waals surface area contributed by atoms with Gasteiger partial charge in [-0.2, -0.15) is 16.8 Å². The van der Waals surface area contributed by atoms with Crippen molar-refractivity contribution in [2.45, 2.75) is 0 Å². The van der Waals surface area contributed by atoms with Crippen molar-refractivity contribution in [3.8, 4) is 0 Å². The van der Waals surface area contributed by atoms with Crippen molar-refractivity contribution in [3.63, 3.8) is 0 Å². The van der Waals surface area contributed by atoms with Crippen molar-refractivity contribution in [3.05, 3.63) is 0 Å². The van der Waals surface area contributed by atoms with E-state index in [9.17, 15) is 16.8 Å². The van der Waals surface area contributed by atoms with E-state index >= 15 is 0 Å². The zero-order valence-electron chi connectivity index (χ0n) is 13.5. The minimum absolute atomic E-state index is 0.188. The van der Waals surface area contributed by atoms with Crippen LogP contribution in [0.1, 0.15) is 0 Å². The number of morpholine rings is 2. The first-order valence-corrected chi connectivity index (χ1v) is 10.9. The summed E-state index contributed by atoms with van der Waals surface area (Å²) >= 11 is 0.